The Morgan fingerprint density at radius 3 is 2.61 bits per heavy atom. The Morgan fingerprint density at radius 1 is 1.21 bits per heavy atom. The summed E-state index contributed by atoms with van der Waals surface area (Å²) >= 11 is 0. The van der Waals surface area contributed by atoms with Crippen LogP contribution in [0.4, 0.5) is 30.8 Å². The molecule has 0 unspecified atom stereocenters. The standard InChI is InChI=1S/C19H15F3N10O/c1-8(27-15-9(7-23)14(24)29-18(25)30-15)16-28-11-4-2-3-10(19(20,21)22)13(11)17(33)32(16)12-5-6-26-31-12/h2-6,8H,1H3,(H,26,31)(H5,24,25,27,29,30)/t8-/m0/s1. The number of alkyl halides is 3. The third-order valence-corrected chi connectivity index (χ3v) is 4.76. The van der Waals surface area contributed by atoms with Crippen molar-refractivity contribution in [2.45, 2.75) is 19.1 Å². The van der Waals surface area contributed by atoms with E-state index < -0.39 is 28.7 Å². The van der Waals surface area contributed by atoms with Crippen molar-refractivity contribution in [3.05, 3.63) is 57.8 Å². The van der Waals surface area contributed by atoms with Crippen LogP contribution in [0.3, 0.4) is 0 Å². The Bertz CT molecular complexity index is 1450. The molecule has 4 rings (SSSR count). The highest BCUT2D eigenvalue weighted by molar-refractivity contribution is 5.82. The molecule has 0 spiro atoms. The summed E-state index contributed by atoms with van der Waals surface area (Å²) in [7, 11) is 0. The van der Waals surface area contributed by atoms with Gasteiger partial charge in [-0.2, -0.15) is 33.5 Å². The Hall–Kier alpha value is -4.67. The van der Waals surface area contributed by atoms with Crippen LogP contribution in [-0.2, 0) is 6.18 Å². The number of fused-ring (bicyclic) bond motifs is 1. The normalized spacial score (nSPS) is 12.5. The number of nitrogens with one attached hydrogen (secondary N) is 2. The summed E-state index contributed by atoms with van der Waals surface area (Å²) in [6.45, 7) is 1.57. The fourth-order valence-corrected chi connectivity index (χ4v) is 3.36. The first-order chi connectivity index (χ1) is 15.6. The number of nitriles is 1. The molecule has 0 aliphatic rings. The average molecular weight is 456 g/mol. The van der Waals surface area contributed by atoms with E-state index in [0.29, 0.717) is 0 Å². The van der Waals surface area contributed by atoms with Crippen molar-refractivity contribution >= 4 is 28.5 Å². The Labute approximate surface area is 182 Å². The van der Waals surface area contributed by atoms with Crippen LogP contribution in [0.2, 0.25) is 0 Å². The lowest BCUT2D eigenvalue weighted by Gasteiger charge is -2.20. The summed E-state index contributed by atoms with van der Waals surface area (Å²) in [5.74, 6) is -0.266. The van der Waals surface area contributed by atoms with E-state index >= 15 is 0 Å². The smallest absolute Gasteiger partial charge is 0.382 e. The molecule has 3 heterocycles. The van der Waals surface area contributed by atoms with Gasteiger partial charge in [0.1, 0.15) is 29.1 Å². The number of anilines is 3. The SMILES string of the molecule is C[C@H](Nc1nc(N)nc(N)c1C#N)c1nc2cccc(C(F)(F)F)c2c(=O)n1-c1ccn[nH]1. The maximum Gasteiger partial charge on any atom is 0.417 e. The van der Waals surface area contributed by atoms with Crippen LogP contribution in [0, 0.1) is 11.3 Å². The van der Waals surface area contributed by atoms with Crippen LogP contribution in [-0.4, -0.2) is 29.7 Å². The molecule has 0 fully saturated rings. The molecule has 33 heavy (non-hydrogen) atoms. The summed E-state index contributed by atoms with van der Waals surface area (Å²) in [6.07, 6.45) is -3.43. The fraction of sp³-hybridized carbons (Fsp3) is 0.158. The van der Waals surface area contributed by atoms with Gasteiger partial charge >= 0.3 is 6.18 Å². The molecule has 0 aliphatic heterocycles. The molecule has 168 valence electrons. The Kier molecular flexibility index (Phi) is 5.09. The molecule has 6 N–H and O–H groups in total. The number of H-pyrrole nitrogens is 1. The largest absolute Gasteiger partial charge is 0.417 e. The van der Waals surface area contributed by atoms with E-state index in [2.05, 4.69) is 30.5 Å². The molecule has 1 atom stereocenters. The summed E-state index contributed by atoms with van der Waals surface area (Å²) in [5.41, 5.74) is 9.03. The highest BCUT2D eigenvalue weighted by Crippen LogP contribution is 2.33. The molecule has 0 bridgehead atoms. The van der Waals surface area contributed by atoms with Gasteiger partial charge in [-0.15, -0.1) is 0 Å². The predicted molar refractivity (Wildman–Crippen MR) is 112 cm³/mol. The fourth-order valence-electron chi connectivity index (χ4n) is 3.36. The number of hydrogen-bond acceptors (Lipinski definition) is 9. The number of aromatic amines is 1. The lowest BCUT2D eigenvalue weighted by Crippen LogP contribution is -2.29. The molecule has 0 aliphatic carbocycles. The zero-order valence-corrected chi connectivity index (χ0v) is 16.8. The van der Waals surface area contributed by atoms with E-state index in [1.54, 1.807) is 6.92 Å². The number of nitrogen functional groups attached to an aromatic ring is 2. The molecular weight excluding hydrogens is 441 g/mol. The second-order valence-electron chi connectivity index (χ2n) is 6.92. The molecule has 0 radical (unpaired) electrons. The van der Waals surface area contributed by atoms with E-state index in [1.165, 1.54) is 24.4 Å². The van der Waals surface area contributed by atoms with Gasteiger partial charge in [0.15, 0.2) is 5.82 Å². The minimum Gasteiger partial charge on any atom is -0.382 e. The van der Waals surface area contributed by atoms with Crippen LogP contribution in [0.25, 0.3) is 16.7 Å². The number of aromatic nitrogens is 6. The number of benzene rings is 1. The van der Waals surface area contributed by atoms with Crippen LogP contribution < -0.4 is 22.3 Å². The topological polar surface area (TPSA) is 177 Å². The van der Waals surface area contributed by atoms with Gasteiger partial charge in [-0.1, -0.05) is 6.07 Å². The van der Waals surface area contributed by atoms with Crippen molar-refractivity contribution in [3.63, 3.8) is 0 Å². The summed E-state index contributed by atoms with van der Waals surface area (Å²) < 4.78 is 41.8. The average Bonchev–Trinajstić information content (AvgIpc) is 3.26. The minimum atomic E-state index is -4.77. The van der Waals surface area contributed by atoms with Crippen LogP contribution in [0.5, 0.6) is 0 Å². The molecule has 0 saturated heterocycles. The Balaban J connectivity index is 1.96. The number of rotatable bonds is 4. The van der Waals surface area contributed by atoms with Gasteiger partial charge in [0.2, 0.25) is 5.95 Å². The summed E-state index contributed by atoms with van der Waals surface area (Å²) in [5, 5.41) is 18.0. The highest BCUT2D eigenvalue weighted by atomic mass is 19.4. The van der Waals surface area contributed by atoms with E-state index in [9.17, 15) is 23.2 Å². The first kappa shape index (κ1) is 21.6. The molecule has 14 heteroatoms. The predicted octanol–water partition coefficient (Wildman–Crippen LogP) is 2.13. The van der Waals surface area contributed by atoms with E-state index in [1.807, 2.05) is 6.07 Å². The zero-order valence-electron chi connectivity index (χ0n) is 16.8. The quantitative estimate of drug-likeness (QED) is 0.358. The van der Waals surface area contributed by atoms with E-state index in [-0.39, 0.29) is 40.3 Å². The molecule has 4 aromatic rings. The van der Waals surface area contributed by atoms with Gasteiger partial charge in [-0.25, -0.2) is 9.55 Å². The molecule has 0 amide bonds. The zero-order chi connectivity index (χ0) is 23.9. The van der Waals surface area contributed by atoms with Gasteiger partial charge in [0.25, 0.3) is 5.56 Å². The third-order valence-electron chi connectivity index (χ3n) is 4.76. The number of halogens is 3. The second kappa shape index (κ2) is 7.79. The van der Waals surface area contributed by atoms with E-state index in [4.69, 9.17) is 11.5 Å². The number of hydrogen-bond donors (Lipinski definition) is 4. The Morgan fingerprint density at radius 2 is 1.97 bits per heavy atom. The van der Waals surface area contributed by atoms with Crippen LogP contribution >= 0.6 is 0 Å². The molecule has 0 saturated carbocycles. The van der Waals surface area contributed by atoms with E-state index in [0.717, 1.165) is 10.6 Å². The maximum atomic E-state index is 13.6. The van der Waals surface area contributed by atoms with Crippen LogP contribution in [0.15, 0.2) is 35.3 Å². The number of nitrogens with two attached hydrogens (primary N) is 2. The van der Waals surface area contributed by atoms with Gasteiger partial charge in [-0.3, -0.25) is 9.89 Å². The van der Waals surface area contributed by atoms with Gasteiger partial charge in [0, 0.05) is 6.07 Å². The highest BCUT2D eigenvalue weighted by Gasteiger charge is 2.35. The maximum absolute atomic E-state index is 13.6. The molecule has 3 aromatic heterocycles. The summed E-state index contributed by atoms with van der Waals surface area (Å²) in [4.78, 5) is 25.3. The lowest BCUT2D eigenvalue weighted by atomic mass is 10.1. The first-order valence-electron chi connectivity index (χ1n) is 9.34. The van der Waals surface area contributed by atoms with Gasteiger partial charge in [0.05, 0.1) is 28.7 Å². The van der Waals surface area contributed by atoms with Crippen molar-refractivity contribution in [2.75, 3.05) is 16.8 Å². The summed E-state index contributed by atoms with van der Waals surface area (Å²) in [6, 6.07) is 5.70. The molecule has 1 aromatic carbocycles. The van der Waals surface area contributed by atoms with Crippen molar-refractivity contribution in [1.82, 2.24) is 29.7 Å². The lowest BCUT2D eigenvalue weighted by molar-refractivity contribution is -0.136. The minimum absolute atomic E-state index is 0.0236. The van der Waals surface area contributed by atoms with Crippen molar-refractivity contribution in [2.24, 2.45) is 0 Å². The van der Waals surface area contributed by atoms with Gasteiger partial charge < -0.3 is 16.8 Å². The van der Waals surface area contributed by atoms with Crippen molar-refractivity contribution in [1.29, 1.82) is 5.26 Å². The monoisotopic (exact) mass is 456 g/mol. The van der Waals surface area contributed by atoms with Crippen molar-refractivity contribution < 1.29 is 13.2 Å². The number of nitrogens with zero attached hydrogens (tertiary/aromatic N) is 6. The second-order valence-corrected chi connectivity index (χ2v) is 6.92. The molecular formula is C19H15F3N10O. The first-order valence-corrected chi connectivity index (χ1v) is 9.34. The van der Waals surface area contributed by atoms with Crippen molar-refractivity contribution in [3.8, 4) is 11.9 Å². The molecule has 11 nitrogen and oxygen atoms in total. The van der Waals surface area contributed by atoms with Gasteiger partial charge in [-0.05, 0) is 19.1 Å². The van der Waals surface area contributed by atoms with Crippen LogP contribution in [0.1, 0.15) is 29.9 Å². The third kappa shape index (κ3) is 3.76.